The summed E-state index contributed by atoms with van der Waals surface area (Å²) >= 11 is 5.86. The van der Waals surface area contributed by atoms with E-state index in [1.54, 1.807) is 6.07 Å². The number of halogens is 1. The molecule has 0 saturated heterocycles. The molecular formula is C12H13ClN2O. The number of carbonyl (C=O) groups excluding carboxylic acids is 1. The van der Waals surface area contributed by atoms with Crippen molar-refractivity contribution in [2.24, 2.45) is 0 Å². The molecule has 0 aliphatic carbocycles. The number of rotatable bonds is 4. The second-order valence-electron chi connectivity index (χ2n) is 3.34. The predicted molar refractivity (Wildman–Crippen MR) is 64.2 cm³/mol. The van der Waals surface area contributed by atoms with Crippen LogP contribution in [0.2, 0.25) is 5.02 Å². The van der Waals surface area contributed by atoms with Crippen LogP contribution in [0.4, 0.5) is 0 Å². The molecular weight excluding hydrogens is 224 g/mol. The van der Waals surface area contributed by atoms with E-state index in [4.69, 9.17) is 18.0 Å². The quantitative estimate of drug-likeness (QED) is 0.815. The Hall–Kier alpha value is -1.53. The fourth-order valence-corrected chi connectivity index (χ4v) is 1.47. The molecule has 1 atom stereocenters. The van der Waals surface area contributed by atoms with Crippen LogP contribution in [0.3, 0.4) is 0 Å². The summed E-state index contributed by atoms with van der Waals surface area (Å²) in [7, 11) is 0. The van der Waals surface area contributed by atoms with E-state index in [1.165, 1.54) is 12.4 Å². The van der Waals surface area contributed by atoms with Gasteiger partial charge in [0.2, 0.25) is 0 Å². The third kappa shape index (κ3) is 3.25. The van der Waals surface area contributed by atoms with E-state index in [0.29, 0.717) is 17.0 Å². The number of pyridine rings is 1. The predicted octanol–water partition coefficient (Wildman–Crippen LogP) is 2.27. The average molecular weight is 237 g/mol. The van der Waals surface area contributed by atoms with Gasteiger partial charge in [-0.2, -0.15) is 0 Å². The van der Waals surface area contributed by atoms with Gasteiger partial charge >= 0.3 is 0 Å². The van der Waals surface area contributed by atoms with E-state index < -0.39 is 0 Å². The number of amides is 1. The van der Waals surface area contributed by atoms with Gasteiger partial charge in [-0.25, -0.2) is 0 Å². The van der Waals surface area contributed by atoms with Crippen LogP contribution in [0.1, 0.15) is 30.1 Å². The van der Waals surface area contributed by atoms with Gasteiger partial charge in [0.05, 0.1) is 10.6 Å². The molecule has 1 unspecified atom stereocenters. The summed E-state index contributed by atoms with van der Waals surface area (Å²) in [5.41, 5.74) is 0.423. The first-order chi connectivity index (χ1) is 7.69. The Balaban J connectivity index is 2.73. The molecule has 0 fully saturated rings. The molecule has 0 spiro atoms. The molecule has 1 heterocycles. The molecule has 84 valence electrons. The second kappa shape index (κ2) is 6.14. The highest BCUT2D eigenvalue weighted by molar-refractivity contribution is 6.33. The van der Waals surface area contributed by atoms with E-state index in [1.807, 2.05) is 6.92 Å². The number of nitrogens with zero attached hydrogens (tertiary/aromatic N) is 1. The van der Waals surface area contributed by atoms with Crippen LogP contribution in [0.5, 0.6) is 0 Å². The van der Waals surface area contributed by atoms with Crippen molar-refractivity contribution in [2.75, 3.05) is 0 Å². The number of terminal acetylenes is 1. The van der Waals surface area contributed by atoms with Crippen LogP contribution in [-0.4, -0.2) is 16.9 Å². The van der Waals surface area contributed by atoms with Crippen molar-refractivity contribution in [1.29, 1.82) is 0 Å². The summed E-state index contributed by atoms with van der Waals surface area (Å²) < 4.78 is 0. The highest BCUT2D eigenvalue weighted by atomic mass is 35.5. The fraction of sp³-hybridized carbons (Fsp3) is 0.333. The Bertz CT molecular complexity index is 412. The normalized spacial score (nSPS) is 11.6. The number of hydrogen-bond donors (Lipinski definition) is 1. The van der Waals surface area contributed by atoms with Crippen LogP contribution in [0.15, 0.2) is 18.5 Å². The van der Waals surface area contributed by atoms with Crippen LogP contribution in [-0.2, 0) is 0 Å². The molecule has 16 heavy (non-hydrogen) atoms. The summed E-state index contributed by atoms with van der Waals surface area (Å²) in [5, 5.41) is 3.17. The van der Waals surface area contributed by atoms with E-state index >= 15 is 0 Å². The van der Waals surface area contributed by atoms with Crippen molar-refractivity contribution in [3.63, 3.8) is 0 Å². The minimum absolute atomic E-state index is 0.0123. The molecule has 1 amide bonds. The maximum absolute atomic E-state index is 11.8. The lowest BCUT2D eigenvalue weighted by molar-refractivity contribution is 0.0937. The highest BCUT2D eigenvalue weighted by Gasteiger charge is 2.13. The first kappa shape index (κ1) is 12.5. The van der Waals surface area contributed by atoms with Crippen molar-refractivity contribution >= 4 is 17.5 Å². The zero-order chi connectivity index (χ0) is 12.0. The smallest absolute Gasteiger partial charge is 0.253 e. The number of hydrogen-bond acceptors (Lipinski definition) is 2. The maximum atomic E-state index is 11.8. The Kier molecular flexibility index (Phi) is 4.81. The molecule has 4 heteroatoms. The van der Waals surface area contributed by atoms with Crippen molar-refractivity contribution in [1.82, 2.24) is 10.3 Å². The Morgan fingerprint density at radius 3 is 3.06 bits per heavy atom. The topological polar surface area (TPSA) is 42.0 Å². The average Bonchev–Trinajstić information content (AvgIpc) is 2.28. The fourth-order valence-electron chi connectivity index (χ4n) is 1.26. The van der Waals surface area contributed by atoms with Crippen molar-refractivity contribution in [3.05, 3.63) is 29.0 Å². The standard InChI is InChI=1S/C12H13ClN2O/c1-3-5-9(4-2)15-12(16)10-6-7-14-8-11(10)13/h1,6-9H,4-5H2,2H3,(H,15,16). The van der Waals surface area contributed by atoms with Crippen molar-refractivity contribution < 1.29 is 4.79 Å². The molecule has 0 bridgehead atoms. The summed E-state index contributed by atoms with van der Waals surface area (Å²) in [6.07, 6.45) is 9.49. The molecule has 0 aliphatic heterocycles. The summed E-state index contributed by atoms with van der Waals surface area (Å²) in [6.45, 7) is 1.97. The largest absolute Gasteiger partial charge is 0.348 e. The van der Waals surface area contributed by atoms with Gasteiger partial charge in [0.1, 0.15) is 0 Å². The molecule has 0 aromatic carbocycles. The minimum Gasteiger partial charge on any atom is -0.348 e. The van der Waals surface area contributed by atoms with E-state index in [2.05, 4.69) is 16.2 Å². The molecule has 1 rings (SSSR count). The van der Waals surface area contributed by atoms with Gasteiger partial charge in [0.25, 0.3) is 5.91 Å². The third-order valence-electron chi connectivity index (χ3n) is 2.21. The first-order valence-electron chi connectivity index (χ1n) is 5.02. The SMILES string of the molecule is C#CCC(CC)NC(=O)c1ccncc1Cl. The summed E-state index contributed by atoms with van der Waals surface area (Å²) in [5.74, 6) is 2.32. The highest BCUT2D eigenvalue weighted by Crippen LogP contribution is 2.13. The lowest BCUT2D eigenvalue weighted by Crippen LogP contribution is -2.34. The van der Waals surface area contributed by atoms with Crippen LogP contribution >= 0.6 is 11.6 Å². The van der Waals surface area contributed by atoms with Crippen LogP contribution < -0.4 is 5.32 Å². The lowest BCUT2D eigenvalue weighted by atomic mass is 10.1. The van der Waals surface area contributed by atoms with E-state index in [-0.39, 0.29) is 11.9 Å². The van der Waals surface area contributed by atoms with Gasteiger partial charge in [-0.05, 0) is 12.5 Å². The monoisotopic (exact) mass is 236 g/mol. The number of carbonyl (C=O) groups is 1. The van der Waals surface area contributed by atoms with Gasteiger partial charge in [-0.3, -0.25) is 9.78 Å². The molecule has 0 radical (unpaired) electrons. The van der Waals surface area contributed by atoms with Gasteiger partial charge in [-0.1, -0.05) is 18.5 Å². The minimum atomic E-state index is -0.213. The van der Waals surface area contributed by atoms with Crippen molar-refractivity contribution in [2.45, 2.75) is 25.8 Å². The summed E-state index contributed by atoms with van der Waals surface area (Å²) in [6, 6.07) is 1.57. The van der Waals surface area contributed by atoms with Gasteiger partial charge in [0, 0.05) is 24.9 Å². The first-order valence-corrected chi connectivity index (χ1v) is 5.40. The summed E-state index contributed by atoms with van der Waals surface area (Å²) in [4.78, 5) is 15.6. The Labute approximate surface area is 100 Å². The molecule has 1 N–H and O–H groups in total. The zero-order valence-electron chi connectivity index (χ0n) is 9.03. The molecule has 0 saturated carbocycles. The van der Waals surface area contributed by atoms with E-state index in [9.17, 15) is 4.79 Å². The molecule has 1 aromatic rings. The van der Waals surface area contributed by atoms with E-state index in [0.717, 1.165) is 6.42 Å². The third-order valence-corrected chi connectivity index (χ3v) is 2.51. The zero-order valence-corrected chi connectivity index (χ0v) is 9.79. The lowest BCUT2D eigenvalue weighted by Gasteiger charge is -2.14. The van der Waals surface area contributed by atoms with Gasteiger partial charge < -0.3 is 5.32 Å². The van der Waals surface area contributed by atoms with Crippen molar-refractivity contribution in [3.8, 4) is 12.3 Å². The molecule has 0 aliphatic rings. The molecule has 1 aromatic heterocycles. The number of aromatic nitrogens is 1. The Morgan fingerprint density at radius 1 is 1.75 bits per heavy atom. The maximum Gasteiger partial charge on any atom is 0.253 e. The van der Waals surface area contributed by atoms with Gasteiger partial charge in [0.15, 0.2) is 0 Å². The van der Waals surface area contributed by atoms with Crippen LogP contribution in [0.25, 0.3) is 0 Å². The van der Waals surface area contributed by atoms with Crippen LogP contribution in [0, 0.1) is 12.3 Å². The Morgan fingerprint density at radius 2 is 2.50 bits per heavy atom. The second-order valence-corrected chi connectivity index (χ2v) is 3.75. The van der Waals surface area contributed by atoms with Gasteiger partial charge in [-0.15, -0.1) is 12.3 Å². The number of nitrogens with one attached hydrogen (secondary N) is 1. The molecule has 3 nitrogen and oxygen atoms in total.